The summed E-state index contributed by atoms with van der Waals surface area (Å²) in [5, 5.41) is 3.09. The molecule has 21 heavy (non-hydrogen) atoms. The Balaban J connectivity index is 1.99. The highest BCUT2D eigenvalue weighted by Gasteiger charge is 2.35. The van der Waals surface area contributed by atoms with Crippen LogP contribution in [0.1, 0.15) is 6.42 Å². The van der Waals surface area contributed by atoms with Crippen LogP contribution in [0.4, 0.5) is 18.9 Å². The van der Waals surface area contributed by atoms with Crippen molar-refractivity contribution in [3.05, 3.63) is 24.3 Å². The summed E-state index contributed by atoms with van der Waals surface area (Å²) in [6.45, 7) is 0.198. The van der Waals surface area contributed by atoms with Crippen LogP contribution in [0.3, 0.4) is 0 Å². The zero-order valence-electron chi connectivity index (χ0n) is 11.7. The van der Waals surface area contributed by atoms with Gasteiger partial charge in [0, 0.05) is 26.7 Å². The van der Waals surface area contributed by atoms with Gasteiger partial charge in [0.05, 0.1) is 12.3 Å². The number of hydrogen-bond acceptors (Lipinski definition) is 4. The van der Waals surface area contributed by atoms with Crippen LogP contribution in [0, 0.1) is 0 Å². The lowest BCUT2D eigenvalue weighted by atomic mass is 10.0. The Bertz CT molecular complexity index is 459. The fourth-order valence-corrected chi connectivity index (χ4v) is 2.12. The minimum absolute atomic E-state index is 0.167. The Labute approximate surface area is 121 Å². The minimum Gasteiger partial charge on any atom is -0.482 e. The topological polar surface area (TPSA) is 39.7 Å². The molecule has 0 aliphatic carbocycles. The van der Waals surface area contributed by atoms with Gasteiger partial charge >= 0.3 is 6.18 Å². The van der Waals surface area contributed by atoms with Crippen molar-refractivity contribution in [3.63, 3.8) is 0 Å². The number of anilines is 1. The first kappa shape index (κ1) is 15.9. The van der Waals surface area contributed by atoms with E-state index in [9.17, 15) is 13.2 Å². The Morgan fingerprint density at radius 3 is 2.71 bits per heavy atom. The molecule has 1 aliphatic heterocycles. The van der Waals surface area contributed by atoms with Gasteiger partial charge < -0.3 is 19.5 Å². The molecule has 0 unspecified atom stereocenters. The number of para-hydroxylation sites is 2. The van der Waals surface area contributed by atoms with Crippen molar-refractivity contribution in [3.8, 4) is 5.75 Å². The lowest BCUT2D eigenvalue weighted by Gasteiger charge is -2.27. The Kier molecular flexibility index (Phi) is 4.95. The van der Waals surface area contributed by atoms with Crippen molar-refractivity contribution in [2.24, 2.45) is 0 Å². The quantitative estimate of drug-likeness (QED) is 0.877. The Morgan fingerprint density at radius 2 is 2.10 bits per heavy atom. The van der Waals surface area contributed by atoms with Gasteiger partial charge in [-0.1, -0.05) is 12.1 Å². The van der Waals surface area contributed by atoms with Gasteiger partial charge in [-0.15, -0.1) is 0 Å². The van der Waals surface area contributed by atoms with E-state index in [4.69, 9.17) is 14.2 Å². The summed E-state index contributed by atoms with van der Waals surface area (Å²) in [6, 6.07) is 6.53. The lowest BCUT2D eigenvalue weighted by Crippen LogP contribution is -2.39. The summed E-state index contributed by atoms with van der Waals surface area (Å²) in [6.07, 6.45) is -3.62. The van der Waals surface area contributed by atoms with Gasteiger partial charge in [0.15, 0.2) is 6.61 Å². The molecular formula is C14H18F3NO3. The second kappa shape index (κ2) is 6.53. The summed E-state index contributed by atoms with van der Waals surface area (Å²) in [7, 11) is 1.60. The van der Waals surface area contributed by atoms with Crippen molar-refractivity contribution >= 4 is 5.69 Å². The summed E-state index contributed by atoms with van der Waals surface area (Å²) in [5.74, 6) is 0.167. The number of methoxy groups -OCH3 is 1. The van der Waals surface area contributed by atoms with Crippen LogP contribution in [-0.4, -0.2) is 45.3 Å². The monoisotopic (exact) mass is 305 g/mol. The van der Waals surface area contributed by atoms with Crippen molar-refractivity contribution in [1.29, 1.82) is 0 Å². The van der Waals surface area contributed by atoms with Gasteiger partial charge in [-0.2, -0.15) is 13.2 Å². The van der Waals surface area contributed by atoms with Crippen LogP contribution < -0.4 is 10.1 Å². The van der Waals surface area contributed by atoms with E-state index in [1.807, 2.05) is 0 Å². The largest absolute Gasteiger partial charge is 0.482 e. The van der Waals surface area contributed by atoms with E-state index < -0.39 is 18.4 Å². The number of rotatable bonds is 6. The number of ether oxygens (including phenoxy) is 3. The van der Waals surface area contributed by atoms with E-state index in [-0.39, 0.29) is 5.75 Å². The number of hydrogen-bond donors (Lipinski definition) is 1. The third-order valence-electron chi connectivity index (χ3n) is 3.38. The molecule has 1 N–H and O–H groups in total. The van der Waals surface area contributed by atoms with Gasteiger partial charge in [0.1, 0.15) is 11.4 Å². The third kappa shape index (κ3) is 4.50. The highest BCUT2D eigenvalue weighted by atomic mass is 19.4. The summed E-state index contributed by atoms with van der Waals surface area (Å²) in [4.78, 5) is 0. The highest BCUT2D eigenvalue weighted by molar-refractivity contribution is 5.56. The molecule has 1 saturated heterocycles. The minimum atomic E-state index is -4.36. The molecule has 1 aliphatic rings. The molecule has 4 nitrogen and oxygen atoms in total. The van der Waals surface area contributed by atoms with Crippen LogP contribution in [0.15, 0.2) is 24.3 Å². The molecule has 0 radical (unpaired) electrons. The average molecular weight is 305 g/mol. The molecule has 1 aromatic rings. The SMILES string of the molecule is CO[C@]1(CNc2ccccc2OCC(F)(F)F)CCOC1. The fourth-order valence-electron chi connectivity index (χ4n) is 2.12. The zero-order chi connectivity index (χ0) is 15.3. The van der Waals surface area contributed by atoms with Crippen LogP contribution in [0.5, 0.6) is 5.75 Å². The number of halogens is 3. The molecule has 0 spiro atoms. The Morgan fingerprint density at radius 1 is 1.33 bits per heavy atom. The standard InChI is InChI=1S/C14H18F3NO3/c1-19-13(6-7-20-9-13)8-18-11-4-2-3-5-12(11)21-10-14(15,16)17/h2-5,18H,6-10H2,1H3/t13-/m0/s1. The molecule has 0 aromatic heterocycles. The molecule has 1 fully saturated rings. The molecule has 0 bridgehead atoms. The summed E-state index contributed by atoms with van der Waals surface area (Å²) < 4.78 is 52.3. The first-order valence-electron chi connectivity index (χ1n) is 6.59. The molecule has 1 heterocycles. The molecule has 2 rings (SSSR count). The summed E-state index contributed by atoms with van der Waals surface area (Å²) >= 11 is 0. The molecule has 0 saturated carbocycles. The molecule has 1 atom stereocenters. The van der Waals surface area contributed by atoms with E-state index >= 15 is 0 Å². The van der Waals surface area contributed by atoms with Gasteiger partial charge in [-0.3, -0.25) is 0 Å². The molecule has 0 amide bonds. The average Bonchev–Trinajstić information content (AvgIpc) is 2.92. The van der Waals surface area contributed by atoms with E-state index in [0.29, 0.717) is 25.4 Å². The van der Waals surface area contributed by atoms with Crippen molar-refractivity contribution in [2.45, 2.75) is 18.2 Å². The number of nitrogens with one attached hydrogen (secondary N) is 1. The lowest BCUT2D eigenvalue weighted by molar-refractivity contribution is -0.153. The molecule has 7 heteroatoms. The predicted octanol–water partition coefficient (Wildman–Crippen LogP) is 2.85. The smallest absolute Gasteiger partial charge is 0.422 e. The highest BCUT2D eigenvalue weighted by Crippen LogP contribution is 2.29. The number of benzene rings is 1. The van der Waals surface area contributed by atoms with E-state index in [1.54, 1.807) is 25.3 Å². The maximum absolute atomic E-state index is 12.2. The van der Waals surface area contributed by atoms with Gasteiger partial charge in [-0.05, 0) is 12.1 Å². The van der Waals surface area contributed by atoms with Crippen molar-refractivity contribution in [1.82, 2.24) is 0 Å². The Hall–Kier alpha value is -1.47. The zero-order valence-corrected chi connectivity index (χ0v) is 11.7. The fraction of sp³-hybridized carbons (Fsp3) is 0.571. The maximum Gasteiger partial charge on any atom is 0.422 e. The van der Waals surface area contributed by atoms with Crippen LogP contribution >= 0.6 is 0 Å². The van der Waals surface area contributed by atoms with E-state index in [0.717, 1.165) is 6.42 Å². The third-order valence-corrected chi connectivity index (χ3v) is 3.38. The van der Waals surface area contributed by atoms with Gasteiger partial charge in [0.2, 0.25) is 0 Å². The second-order valence-electron chi connectivity index (χ2n) is 4.94. The maximum atomic E-state index is 12.2. The molecule has 118 valence electrons. The van der Waals surface area contributed by atoms with Crippen molar-refractivity contribution in [2.75, 3.05) is 38.8 Å². The van der Waals surface area contributed by atoms with Crippen LogP contribution in [0.2, 0.25) is 0 Å². The van der Waals surface area contributed by atoms with Gasteiger partial charge in [0.25, 0.3) is 0 Å². The number of alkyl halides is 3. The van der Waals surface area contributed by atoms with Crippen LogP contribution in [0.25, 0.3) is 0 Å². The van der Waals surface area contributed by atoms with Crippen LogP contribution in [-0.2, 0) is 9.47 Å². The normalized spacial score (nSPS) is 22.3. The first-order chi connectivity index (χ1) is 9.94. The molecule has 1 aromatic carbocycles. The van der Waals surface area contributed by atoms with E-state index in [2.05, 4.69) is 5.32 Å². The summed E-state index contributed by atoms with van der Waals surface area (Å²) in [5.41, 5.74) is 0.0574. The predicted molar refractivity (Wildman–Crippen MR) is 71.7 cm³/mol. The first-order valence-corrected chi connectivity index (χ1v) is 6.59. The van der Waals surface area contributed by atoms with Crippen molar-refractivity contribution < 1.29 is 27.4 Å². The second-order valence-corrected chi connectivity index (χ2v) is 4.94. The molecular weight excluding hydrogens is 287 g/mol. The van der Waals surface area contributed by atoms with E-state index in [1.165, 1.54) is 6.07 Å². The van der Waals surface area contributed by atoms with Gasteiger partial charge in [-0.25, -0.2) is 0 Å².